The van der Waals surface area contributed by atoms with Crippen molar-refractivity contribution in [1.29, 1.82) is 0 Å². The largest absolute Gasteiger partial charge is 0.454 e. The van der Waals surface area contributed by atoms with Crippen molar-refractivity contribution in [2.24, 2.45) is 5.92 Å². The number of carbonyl (C=O) groups is 3. The van der Waals surface area contributed by atoms with Crippen LogP contribution in [0.2, 0.25) is 0 Å². The van der Waals surface area contributed by atoms with E-state index in [1.807, 2.05) is 0 Å². The summed E-state index contributed by atoms with van der Waals surface area (Å²) >= 11 is 0. The predicted octanol–water partition coefficient (Wildman–Crippen LogP) is 2.38. The van der Waals surface area contributed by atoms with E-state index >= 15 is 0 Å². The normalized spacial score (nSPS) is 17.5. The van der Waals surface area contributed by atoms with Crippen LogP contribution in [0.25, 0.3) is 0 Å². The molecule has 0 bridgehead atoms. The van der Waals surface area contributed by atoms with E-state index in [-0.39, 0.29) is 30.3 Å². The van der Waals surface area contributed by atoms with E-state index in [4.69, 9.17) is 9.47 Å². The topological polar surface area (TPSA) is 76.2 Å². The third kappa shape index (κ3) is 2.60. The third-order valence-corrected chi connectivity index (χ3v) is 4.91. The monoisotopic (exact) mass is 384 g/mol. The SMILES string of the molecule is CCN(C(=O)C1C(=O)c2c(ccc3c2OCO3)N(C)C1=O)c1cccc(F)c1. The first kappa shape index (κ1) is 18.0. The Balaban J connectivity index is 1.78. The van der Waals surface area contributed by atoms with Crippen molar-refractivity contribution in [2.45, 2.75) is 6.92 Å². The zero-order valence-corrected chi connectivity index (χ0v) is 15.3. The molecular formula is C20H17FN2O5. The van der Waals surface area contributed by atoms with Crippen LogP contribution in [0.4, 0.5) is 15.8 Å². The summed E-state index contributed by atoms with van der Waals surface area (Å²) in [6.07, 6.45) is 0. The quantitative estimate of drug-likeness (QED) is 0.760. The zero-order valence-electron chi connectivity index (χ0n) is 15.3. The number of Topliss-reactive ketones (excluding diaryl/α,β-unsaturated/α-hetero) is 1. The van der Waals surface area contributed by atoms with Gasteiger partial charge in [0, 0.05) is 19.3 Å². The van der Waals surface area contributed by atoms with E-state index < -0.39 is 29.3 Å². The first-order valence-corrected chi connectivity index (χ1v) is 8.75. The number of ether oxygens (including phenoxy) is 2. The summed E-state index contributed by atoms with van der Waals surface area (Å²) in [5, 5.41) is 0. The number of amides is 2. The second kappa shape index (κ2) is 6.63. The molecule has 8 heteroatoms. The molecule has 2 aromatic carbocycles. The summed E-state index contributed by atoms with van der Waals surface area (Å²) in [4.78, 5) is 41.7. The summed E-state index contributed by atoms with van der Waals surface area (Å²) in [5.41, 5.74) is 0.780. The average molecular weight is 384 g/mol. The van der Waals surface area contributed by atoms with Crippen LogP contribution in [0.1, 0.15) is 17.3 Å². The molecule has 2 aliphatic heterocycles. The average Bonchev–Trinajstić information content (AvgIpc) is 3.15. The molecule has 1 atom stereocenters. The van der Waals surface area contributed by atoms with Crippen molar-refractivity contribution in [1.82, 2.24) is 0 Å². The number of rotatable bonds is 3. The highest BCUT2D eigenvalue weighted by Gasteiger charge is 2.47. The molecule has 28 heavy (non-hydrogen) atoms. The number of nitrogens with zero attached hydrogens (tertiary/aromatic N) is 2. The van der Waals surface area contributed by atoms with Crippen LogP contribution in [0.5, 0.6) is 11.5 Å². The summed E-state index contributed by atoms with van der Waals surface area (Å²) < 4.78 is 24.3. The summed E-state index contributed by atoms with van der Waals surface area (Å²) in [7, 11) is 1.49. The molecule has 1 unspecified atom stereocenters. The zero-order chi connectivity index (χ0) is 20.0. The molecule has 4 rings (SSSR count). The van der Waals surface area contributed by atoms with E-state index in [9.17, 15) is 18.8 Å². The predicted molar refractivity (Wildman–Crippen MR) is 98.2 cm³/mol. The molecule has 2 aromatic rings. The van der Waals surface area contributed by atoms with Gasteiger partial charge in [0.05, 0.1) is 11.3 Å². The highest BCUT2D eigenvalue weighted by molar-refractivity contribution is 6.33. The van der Waals surface area contributed by atoms with Gasteiger partial charge in [0.15, 0.2) is 23.2 Å². The highest BCUT2D eigenvalue weighted by atomic mass is 19.1. The molecule has 2 amide bonds. The van der Waals surface area contributed by atoms with Gasteiger partial charge in [0.2, 0.25) is 18.6 Å². The summed E-state index contributed by atoms with van der Waals surface area (Å²) in [6.45, 7) is 1.81. The van der Waals surface area contributed by atoms with Crippen LogP contribution >= 0.6 is 0 Å². The third-order valence-electron chi connectivity index (χ3n) is 4.91. The fraction of sp³-hybridized carbons (Fsp3) is 0.250. The lowest BCUT2D eigenvalue weighted by molar-refractivity contribution is -0.130. The number of benzene rings is 2. The van der Waals surface area contributed by atoms with E-state index in [0.717, 1.165) is 0 Å². The Morgan fingerprint density at radius 2 is 2.04 bits per heavy atom. The Morgan fingerprint density at radius 1 is 1.25 bits per heavy atom. The standard InChI is InChI=1S/C20H17FN2O5/c1-3-23(12-6-4-5-11(21)9-12)20(26)16-17(24)15-13(22(2)19(16)25)7-8-14-18(15)28-10-27-14/h4-9,16H,3,10H2,1-2H3. The highest BCUT2D eigenvalue weighted by Crippen LogP contribution is 2.44. The van der Waals surface area contributed by atoms with Crippen LogP contribution in [0.3, 0.4) is 0 Å². The molecule has 2 aliphatic rings. The number of anilines is 2. The van der Waals surface area contributed by atoms with Gasteiger partial charge >= 0.3 is 0 Å². The maximum Gasteiger partial charge on any atom is 0.247 e. The van der Waals surface area contributed by atoms with E-state index in [2.05, 4.69) is 0 Å². The smallest absolute Gasteiger partial charge is 0.247 e. The molecule has 7 nitrogen and oxygen atoms in total. The minimum atomic E-state index is -1.57. The molecule has 0 fully saturated rings. The van der Waals surface area contributed by atoms with Gasteiger partial charge < -0.3 is 19.3 Å². The maximum absolute atomic E-state index is 13.6. The molecule has 0 aromatic heterocycles. The second-order valence-corrected chi connectivity index (χ2v) is 6.45. The van der Waals surface area contributed by atoms with Crippen LogP contribution in [0.15, 0.2) is 36.4 Å². The van der Waals surface area contributed by atoms with Gasteiger partial charge in [0.25, 0.3) is 0 Å². The fourth-order valence-electron chi connectivity index (χ4n) is 3.53. The molecule has 0 saturated carbocycles. The Hall–Kier alpha value is -3.42. The molecule has 2 heterocycles. The molecule has 0 N–H and O–H groups in total. The van der Waals surface area contributed by atoms with E-state index in [1.165, 1.54) is 35.0 Å². The van der Waals surface area contributed by atoms with Gasteiger partial charge in [-0.3, -0.25) is 14.4 Å². The van der Waals surface area contributed by atoms with Crippen LogP contribution in [0, 0.1) is 11.7 Å². The summed E-state index contributed by atoms with van der Waals surface area (Å²) in [5.74, 6) is -3.48. The maximum atomic E-state index is 13.6. The van der Waals surface area contributed by atoms with Crippen LogP contribution in [-0.4, -0.2) is 38.0 Å². The lowest BCUT2D eigenvalue weighted by Crippen LogP contribution is -2.51. The number of hydrogen-bond acceptors (Lipinski definition) is 5. The number of hydrogen-bond donors (Lipinski definition) is 0. The molecular weight excluding hydrogens is 367 g/mol. The number of ketones is 1. The van der Waals surface area contributed by atoms with Crippen LogP contribution < -0.4 is 19.3 Å². The minimum absolute atomic E-state index is 0.0419. The molecule has 144 valence electrons. The Morgan fingerprint density at radius 3 is 2.75 bits per heavy atom. The molecule has 0 radical (unpaired) electrons. The van der Waals surface area contributed by atoms with Crippen molar-refractivity contribution >= 4 is 29.0 Å². The fourth-order valence-corrected chi connectivity index (χ4v) is 3.53. The lowest BCUT2D eigenvalue weighted by atomic mass is 9.88. The second-order valence-electron chi connectivity index (χ2n) is 6.45. The first-order valence-electron chi connectivity index (χ1n) is 8.75. The van der Waals surface area contributed by atoms with Crippen molar-refractivity contribution in [3.63, 3.8) is 0 Å². The van der Waals surface area contributed by atoms with Crippen molar-refractivity contribution in [3.8, 4) is 11.5 Å². The number of carbonyl (C=O) groups excluding carboxylic acids is 3. The van der Waals surface area contributed by atoms with Crippen molar-refractivity contribution in [3.05, 3.63) is 47.8 Å². The van der Waals surface area contributed by atoms with Crippen LogP contribution in [-0.2, 0) is 9.59 Å². The van der Waals surface area contributed by atoms with Gasteiger partial charge in [-0.15, -0.1) is 0 Å². The van der Waals surface area contributed by atoms with Gasteiger partial charge in [0.1, 0.15) is 5.82 Å². The lowest BCUT2D eigenvalue weighted by Gasteiger charge is -2.33. The molecule has 0 spiro atoms. The molecule has 0 saturated heterocycles. The Kier molecular flexibility index (Phi) is 4.26. The van der Waals surface area contributed by atoms with Gasteiger partial charge in [-0.1, -0.05) is 6.07 Å². The van der Waals surface area contributed by atoms with Gasteiger partial charge in [-0.2, -0.15) is 0 Å². The van der Waals surface area contributed by atoms with Gasteiger partial charge in [-0.05, 0) is 37.3 Å². The van der Waals surface area contributed by atoms with E-state index in [0.29, 0.717) is 11.4 Å². The molecule has 0 aliphatic carbocycles. The van der Waals surface area contributed by atoms with E-state index in [1.54, 1.807) is 25.1 Å². The Labute approximate surface area is 160 Å². The number of fused-ring (bicyclic) bond motifs is 3. The van der Waals surface area contributed by atoms with Crippen molar-refractivity contribution < 1.29 is 28.2 Å². The summed E-state index contributed by atoms with van der Waals surface area (Å²) in [6, 6.07) is 8.66. The first-order chi connectivity index (χ1) is 13.4. The Bertz CT molecular complexity index is 1010. The van der Waals surface area contributed by atoms with Crippen molar-refractivity contribution in [2.75, 3.05) is 30.2 Å². The minimum Gasteiger partial charge on any atom is -0.454 e. The van der Waals surface area contributed by atoms with Gasteiger partial charge in [-0.25, -0.2) is 4.39 Å². The number of halogens is 1.